The van der Waals surface area contributed by atoms with Crippen molar-refractivity contribution in [3.63, 3.8) is 0 Å². The van der Waals surface area contributed by atoms with Crippen LogP contribution in [0.15, 0.2) is 65.1 Å². The topological polar surface area (TPSA) is 104 Å². The molecule has 2 aromatic carbocycles. The highest BCUT2D eigenvalue weighted by atomic mass is 19.3. The summed E-state index contributed by atoms with van der Waals surface area (Å²) in [5.74, 6) is -2.75. The van der Waals surface area contributed by atoms with E-state index in [9.17, 15) is 27.6 Å². The number of imide groups is 1. The number of furan rings is 1. The Bertz CT molecular complexity index is 1110. The molecule has 3 rings (SSSR count). The average Bonchev–Trinajstić information content (AvgIpc) is 3.26. The Kier molecular flexibility index (Phi) is 7.68. The van der Waals surface area contributed by atoms with E-state index in [1.807, 2.05) is 5.32 Å². The molecule has 1 N–H and O–H groups in total. The summed E-state index contributed by atoms with van der Waals surface area (Å²) < 4.78 is 56.8. The molecule has 2 amide bonds. The lowest BCUT2D eigenvalue weighted by molar-refractivity contribution is -0.123. The molecule has 0 aliphatic rings. The van der Waals surface area contributed by atoms with E-state index in [2.05, 4.69) is 4.74 Å². The lowest BCUT2D eigenvalue weighted by Gasteiger charge is -2.07. The Morgan fingerprint density at radius 1 is 0.909 bits per heavy atom. The van der Waals surface area contributed by atoms with Gasteiger partial charge in [0.2, 0.25) is 5.76 Å². The normalized spacial score (nSPS) is 10.5. The summed E-state index contributed by atoms with van der Waals surface area (Å²) in [4.78, 5) is 35.9. The van der Waals surface area contributed by atoms with Gasteiger partial charge in [-0.2, -0.15) is 8.78 Å². The molecule has 0 bridgehead atoms. The lowest BCUT2D eigenvalue weighted by atomic mass is 10.2. The van der Waals surface area contributed by atoms with Crippen molar-refractivity contribution in [2.75, 3.05) is 6.61 Å². The van der Waals surface area contributed by atoms with Crippen molar-refractivity contribution in [1.82, 2.24) is 5.32 Å². The van der Waals surface area contributed by atoms with Crippen LogP contribution in [0, 0.1) is 5.82 Å². The Morgan fingerprint density at radius 2 is 1.58 bits per heavy atom. The predicted octanol–water partition coefficient (Wildman–Crippen LogP) is 3.71. The second-order valence-corrected chi connectivity index (χ2v) is 6.36. The number of esters is 1. The maximum Gasteiger partial charge on any atom is 0.387 e. The van der Waals surface area contributed by atoms with Gasteiger partial charge in [-0.3, -0.25) is 14.9 Å². The summed E-state index contributed by atoms with van der Waals surface area (Å²) in [5, 5.41) is 1.99. The second-order valence-electron chi connectivity index (χ2n) is 6.36. The highest BCUT2D eigenvalue weighted by molar-refractivity contribution is 6.05. The average molecular weight is 463 g/mol. The molecule has 11 heteroatoms. The van der Waals surface area contributed by atoms with Crippen LogP contribution in [-0.4, -0.2) is 31.0 Å². The third-order valence-electron chi connectivity index (χ3n) is 3.99. The van der Waals surface area contributed by atoms with E-state index in [0.717, 1.165) is 12.1 Å². The van der Waals surface area contributed by atoms with E-state index >= 15 is 0 Å². The van der Waals surface area contributed by atoms with Crippen LogP contribution < -0.4 is 14.8 Å². The van der Waals surface area contributed by atoms with Gasteiger partial charge in [-0.15, -0.1) is 0 Å². The summed E-state index contributed by atoms with van der Waals surface area (Å²) in [5.41, 5.74) is 0.00752. The first-order valence-corrected chi connectivity index (χ1v) is 9.33. The minimum absolute atomic E-state index is 0.00752. The minimum Gasteiger partial charge on any atom is -0.486 e. The number of carbonyl (C=O) groups is 3. The van der Waals surface area contributed by atoms with Crippen LogP contribution >= 0.6 is 0 Å². The molecular weight excluding hydrogens is 447 g/mol. The van der Waals surface area contributed by atoms with Crippen LogP contribution in [0.3, 0.4) is 0 Å². The van der Waals surface area contributed by atoms with Gasteiger partial charge in [0, 0.05) is 5.56 Å². The lowest BCUT2D eigenvalue weighted by Crippen LogP contribution is -2.34. The third-order valence-corrected chi connectivity index (χ3v) is 3.99. The molecule has 0 saturated carbocycles. The smallest absolute Gasteiger partial charge is 0.387 e. The highest BCUT2D eigenvalue weighted by Crippen LogP contribution is 2.16. The Balaban J connectivity index is 1.44. The first-order valence-electron chi connectivity index (χ1n) is 9.33. The quantitative estimate of drug-likeness (QED) is 0.483. The Morgan fingerprint density at radius 3 is 2.24 bits per heavy atom. The predicted molar refractivity (Wildman–Crippen MR) is 105 cm³/mol. The Hall–Kier alpha value is -4.28. The molecule has 172 valence electrons. The molecule has 3 aromatic rings. The van der Waals surface area contributed by atoms with Gasteiger partial charge in [0.05, 0.1) is 0 Å². The first kappa shape index (κ1) is 23.4. The number of carbonyl (C=O) groups excluding carboxylic acids is 3. The van der Waals surface area contributed by atoms with Crippen LogP contribution in [0.1, 0.15) is 26.7 Å². The van der Waals surface area contributed by atoms with Gasteiger partial charge >= 0.3 is 12.6 Å². The molecule has 0 unspecified atom stereocenters. The molecule has 0 fully saturated rings. The van der Waals surface area contributed by atoms with E-state index in [0.29, 0.717) is 5.75 Å². The van der Waals surface area contributed by atoms with Crippen molar-refractivity contribution in [2.45, 2.75) is 13.2 Å². The molecular formula is C22H16F3NO7. The van der Waals surface area contributed by atoms with E-state index in [1.54, 1.807) is 0 Å². The number of ether oxygens (including phenoxy) is 3. The Labute approximate surface area is 184 Å². The molecule has 0 aliphatic heterocycles. The van der Waals surface area contributed by atoms with Gasteiger partial charge in [0.25, 0.3) is 11.8 Å². The van der Waals surface area contributed by atoms with E-state index in [1.165, 1.54) is 48.5 Å². The van der Waals surface area contributed by atoms with Gasteiger partial charge in [-0.1, -0.05) is 0 Å². The molecule has 1 heterocycles. The molecule has 1 aromatic heterocycles. The van der Waals surface area contributed by atoms with Crippen molar-refractivity contribution < 1.29 is 46.2 Å². The molecule has 8 nitrogen and oxygen atoms in total. The number of halogens is 3. The number of rotatable bonds is 9. The van der Waals surface area contributed by atoms with E-state index < -0.39 is 36.8 Å². The fourth-order valence-electron chi connectivity index (χ4n) is 2.48. The summed E-state index contributed by atoms with van der Waals surface area (Å²) in [6, 6.07) is 12.7. The fraction of sp³-hybridized carbons (Fsp3) is 0.136. The van der Waals surface area contributed by atoms with E-state index in [4.69, 9.17) is 13.9 Å². The van der Waals surface area contributed by atoms with Crippen molar-refractivity contribution in [2.24, 2.45) is 0 Å². The monoisotopic (exact) mass is 463 g/mol. The molecule has 0 spiro atoms. The van der Waals surface area contributed by atoms with Gasteiger partial charge in [0.1, 0.15) is 29.7 Å². The second kappa shape index (κ2) is 10.8. The maximum atomic E-state index is 12.9. The number of alkyl halides is 2. The number of benzene rings is 2. The van der Waals surface area contributed by atoms with Crippen LogP contribution in [0.5, 0.6) is 11.5 Å². The zero-order valence-electron chi connectivity index (χ0n) is 16.8. The van der Waals surface area contributed by atoms with Crippen LogP contribution in [-0.2, 0) is 16.1 Å². The van der Waals surface area contributed by atoms with Gasteiger partial charge < -0.3 is 18.6 Å². The minimum atomic E-state index is -3.01. The van der Waals surface area contributed by atoms with Crippen LogP contribution in [0.25, 0.3) is 0 Å². The summed E-state index contributed by atoms with van der Waals surface area (Å²) in [7, 11) is 0. The van der Waals surface area contributed by atoms with Crippen LogP contribution in [0.2, 0.25) is 0 Å². The fourth-order valence-corrected chi connectivity index (χ4v) is 2.48. The van der Waals surface area contributed by atoms with Crippen LogP contribution in [0.4, 0.5) is 13.2 Å². The molecule has 33 heavy (non-hydrogen) atoms. The summed E-state index contributed by atoms with van der Waals surface area (Å²) >= 11 is 0. The molecule has 0 radical (unpaired) electrons. The third kappa shape index (κ3) is 7.13. The number of hydrogen-bond donors (Lipinski definition) is 1. The van der Waals surface area contributed by atoms with Gasteiger partial charge in [0.15, 0.2) is 6.61 Å². The van der Waals surface area contributed by atoms with Gasteiger partial charge in [-0.25, -0.2) is 9.18 Å². The van der Waals surface area contributed by atoms with Gasteiger partial charge in [-0.05, 0) is 60.7 Å². The first-order chi connectivity index (χ1) is 15.8. The van der Waals surface area contributed by atoms with Crippen molar-refractivity contribution >= 4 is 17.8 Å². The van der Waals surface area contributed by atoms with Crippen molar-refractivity contribution in [1.29, 1.82) is 0 Å². The molecule has 0 saturated heterocycles. The number of nitrogens with one attached hydrogen (secondary N) is 1. The summed E-state index contributed by atoms with van der Waals surface area (Å²) in [6.45, 7) is -3.80. The molecule has 0 atom stereocenters. The standard InChI is InChI=1S/C22H16F3NO7/c23-14-3-7-15(8-4-14)30-11-17-9-10-18(32-17)21(29)31-12-19(27)26-20(28)13-1-5-16(6-2-13)33-22(24)25/h1-10,22H,11-12H2,(H,26,27,28). The van der Waals surface area contributed by atoms with E-state index in [-0.39, 0.29) is 29.4 Å². The number of hydrogen-bond acceptors (Lipinski definition) is 7. The largest absolute Gasteiger partial charge is 0.486 e. The van der Waals surface area contributed by atoms with Crippen molar-refractivity contribution in [3.05, 3.63) is 83.6 Å². The highest BCUT2D eigenvalue weighted by Gasteiger charge is 2.17. The summed E-state index contributed by atoms with van der Waals surface area (Å²) in [6.07, 6.45) is 0. The zero-order valence-corrected chi connectivity index (χ0v) is 16.8. The maximum absolute atomic E-state index is 12.9. The number of amides is 2. The zero-order chi connectivity index (χ0) is 23.8. The molecule has 0 aliphatic carbocycles. The van der Waals surface area contributed by atoms with Crippen molar-refractivity contribution in [3.8, 4) is 11.5 Å². The SMILES string of the molecule is O=C(COC(=O)c1ccc(COc2ccc(F)cc2)o1)NC(=O)c1ccc(OC(F)F)cc1.